The highest BCUT2D eigenvalue weighted by Gasteiger charge is 2.21. The van der Waals surface area contributed by atoms with Crippen molar-refractivity contribution >= 4 is 0 Å². The Morgan fingerprint density at radius 3 is 1.33 bits per heavy atom. The lowest BCUT2D eigenvalue weighted by atomic mass is 9.95. The largest absolute Gasteiger partial charge is 0.378 e. The van der Waals surface area contributed by atoms with Crippen molar-refractivity contribution in [1.82, 2.24) is 0 Å². The minimum atomic E-state index is 0.494. The van der Waals surface area contributed by atoms with E-state index < -0.39 is 0 Å². The molecule has 18 heavy (non-hydrogen) atoms. The van der Waals surface area contributed by atoms with Crippen LogP contribution in [0.2, 0.25) is 0 Å². The Morgan fingerprint density at radius 2 is 1.06 bits per heavy atom. The molecule has 0 saturated heterocycles. The van der Waals surface area contributed by atoms with E-state index >= 15 is 0 Å². The van der Waals surface area contributed by atoms with Crippen LogP contribution >= 0.6 is 0 Å². The van der Waals surface area contributed by atoms with Crippen LogP contribution in [0.5, 0.6) is 0 Å². The Bertz CT molecular complexity index is 171. The molecule has 2 nitrogen and oxygen atoms in total. The molecule has 1 fully saturated rings. The highest BCUT2D eigenvalue weighted by molar-refractivity contribution is 4.73. The van der Waals surface area contributed by atoms with Gasteiger partial charge in [0, 0.05) is 13.2 Å². The summed E-state index contributed by atoms with van der Waals surface area (Å²) in [5.41, 5.74) is 0. The summed E-state index contributed by atoms with van der Waals surface area (Å²) in [4.78, 5) is 0. The summed E-state index contributed by atoms with van der Waals surface area (Å²) in [6.45, 7) is 10.9. The first-order chi connectivity index (χ1) is 8.58. The van der Waals surface area contributed by atoms with Gasteiger partial charge in [-0.15, -0.1) is 0 Å². The molecular weight excluding hydrogens is 224 g/mol. The zero-order valence-corrected chi connectivity index (χ0v) is 12.8. The minimum Gasteiger partial charge on any atom is -0.378 e. The molecule has 1 saturated carbocycles. The van der Waals surface area contributed by atoms with Gasteiger partial charge in [-0.25, -0.2) is 0 Å². The molecule has 1 aliphatic carbocycles. The molecule has 108 valence electrons. The molecule has 0 aliphatic heterocycles. The predicted octanol–water partition coefficient (Wildman–Crippen LogP) is 4.42. The zero-order chi connectivity index (χ0) is 13.4. The van der Waals surface area contributed by atoms with E-state index in [4.69, 9.17) is 9.47 Å². The average molecular weight is 256 g/mol. The maximum atomic E-state index is 5.93. The monoisotopic (exact) mass is 256 g/mol. The normalized spacial score (nSPS) is 25.0. The number of hydrogen-bond donors (Lipinski definition) is 0. The molecule has 1 aliphatic rings. The smallest absolute Gasteiger partial charge is 0.0577 e. The fourth-order valence-corrected chi connectivity index (χ4v) is 2.31. The number of rotatable bonds is 8. The van der Waals surface area contributed by atoms with E-state index in [0.717, 1.165) is 25.0 Å². The summed E-state index contributed by atoms with van der Waals surface area (Å²) in [7, 11) is 0. The van der Waals surface area contributed by atoms with Gasteiger partial charge in [0.05, 0.1) is 12.2 Å². The van der Waals surface area contributed by atoms with Gasteiger partial charge >= 0.3 is 0 Å². The zero-order valence-electron chi connectivity index (χ0n) is 12.8. The molecule has 0 unspecified atom stereocenters. The molecule has 0 atom stereocenters. The topological polar surface area (TPSA) is 18.5 Å². The Hall–Kier alpha value is -0.0800. The van der Waals surface area contributed by atoms with Crippen molar-refractivity contribution in [2.24, 2.45) is 11.8 Å². The summed E-state index contributed by atoms with van der Waals surface area (Å²) in [6, 6.07) is 0. The predicted molar refractivity (Wildman–Crippen MR) is 76.9 cm³/mol. The van der Waals surface area contributed by atoms with Gasteiger partial charge in [-0.3, -0.25) is 0 Å². The maximum absolute atomic E-state index is 5.93. The third-order valence-corrected chi connectivity index (χ3v) is 3.72. The maximum Gasteiger partial charge on any atom is 0.0577 e. The first-order valence-electron chi connectivity index (χ1n) is 7.81. The Kier molecular flexibility index (Phi) is 7.92. The average Bonchev–Trinajstić information content (AvgIpc) is 2.30. The van der Waals surface area contributed by atoms with Crippen molar-refractivity contribution in [2.75, 3.05) is 13.2 Å². The number of hydrogen-bond acceptors (Lipinski definition) is 2. The Labute approximate surface area is 113 Å². The Morgan fingerprint density at radius 1 is 0.722 bits per heavy atom. The quantitative estimate of drug-likeness (QED) is 0.640. The van der Waals surface area contributed by atoms with Gasteiger partial charge in [-0.2, -0.15) is 0 Å². The molecule has 0 aromatic carbocycles. The van der Waals surface area contributed by atoms with Crippen molar-refractivity contribution < 1.29 is 9.47 Å². The molecule has 0 amide bonds. The van der Waals surface area contributed by atoms with Crippen LogP contribution in [0.1, 0.15) is 66.2 Å². The van der Waals surface area contributed by atoms with E-state index in [1.807, 2.05) is 0 Å². The molecule has 0 radical (unpaired) electrons. The van der Waals surface area contributed by atoms with Crippen molar-refractivity contribution in [3.63, 3.8) is 0 Å². The fraction of sp³-hybridized carbons (Fsp3) is 1.00. The van der Waals surface area contributed by atoms with Crippen LogP contribution in [0.4, 0.5) is 0 Å². The minimum absolute atomic E-state index is 0.494. The molecule has 0 N–H and O–H groups in total. The molecule has 0 bridgehead atoms. The summed E-state index contributed by atoms with van der Waals surface area (Å²) >= 11 is 0. The summed E-state index contributed by atoms with van der Waals surface area (Å²) < 4.78 is 11.9. The summed E-state index contributed by atoms with van der Waals surface area (Å²) in [5.74, 6) is 1.50. The molecule has 2 heteroatoms. The third-order valence-electron chi connectivity index (χ3n) is 3.72. The van der Waals surface area contributed by atoms with Gasteiger partial charge in [0.2, 0.25) is 0 Å². The third kappa shape index (κ3) is 7.38. The molecule has 0 spiro atoms. The first-order valence-corrected chi connectivity index (χ1v) is 7.81. The van der Waals surface area contributed by atoms with E-state index in [0.29, 0.717) is 12.2 Å². The van der Waals surface area contributed by atoms with Crippen LogP contribution in [-0.2, 0) is 9.47 Å². The highest BCUT2D eigenvalue weighted by Crippen LogP contribution is 2.24. The first kappa shape index (κ1) is 16.0. The van der Waals surface area contributed by atoms with Crippen LogP contribution in [0, 0.1) is 11.8 Å². The van der Waals surface area contributed by atoms with Crippen LogP contribution in [0.25, 0.3) is 0 Å². The van der Waals surface area contributed by atoms with E-state index in [9.17, 15) is 0 Å². The second kappa shape index (κ2) is 8.92. The van der Waals surface area contributed by atoms with Gasteiger partial charge < -0.3 is 9.47 Å². The molecule has 0 aromatic heterocycles. The van der Waals surface area contributed by atoms with Crippen LogP contribution in [-0.4, -0.2) is 25.4 Å². The second-order valence-corrected chi connectivity index (χ2v) is 6.51. The Balaban J connectivity index is 2.02. The van der Waals surface area contributed by atoms with Crippen LogP contribution in [0.15, 0.2) is 0 Å². The SMILES string of the molecule is CC(C)CCOC1CCC(OCCC(C)C)CC1. The van der Waals surface area contributed by atoms with Gasteiger partial charge in [0.25, 0.3) is 0 Å². The lowest BCUT2D eigenvalue weighted by Crippen LogP contribution is -2.27. The number of ether oxygens (including phenoxy) is 2. The van der Waals surface area contributed by atoms with E-state index in [1.54, 1.807) is 0 Å². The van der Waals surface area contributed by atoms with E-state index in [2.05, 4.69) is 27.7 Å². The molecule has 0 heterocycles. The lowest BCUT2D eigenvalue weighted by molar-refractivity contribution is -0.0351. The van der Waals surface area contributed by atoms with Gasteiger partial charge in [0.1, 0.15) is 0 Å². The van der Waals surface area contributed by atoms with Gasteiger partial charge in [0.15, 0.2) is 0 Å². The second-order valence-electron chi connectivity index (χ2n) is 6.51. The standard InChI is InChI=1S/C16H32O2/c1-13(2)9-11-17-15-5-7-16(8-6-15)18-12-10-14(3)4/h13-16H,5-12H2,1-4H3. The van der Waals surface area contributed by atoms with Crippen molar-refractivity contribution in [1.29, 1.82) is 0 Å². The van der Waals surface area contributed by atoms with Crippen LogP contribution in [0.3, 0.4) is 0 Å². The fourth-order valence-electron chi connectivity index (χ4n) is 2.31. The van der Waals surface area contributed by atoms with Gasteiger partial charge in [-0.05, 0) is 50.4 Å². The van der Waals surface area contributed by atoms with Crippen molar-refractivity contribution in [3.8, 4) is 0 Å². The van der Waals surface area contributed by atoms with E-state index in [1.165, 1.54) is 38.5 Å². The lowest BCUT2D eigenvalue weighted by Gasteiger charge is -2.29. The molecule has 1 rings (SSSR count). The summed E-state index contributed by atoms with van der Waals surface area (Å²) in [5, 5.41) is 0. The molecule has 0 aromatic rings. The summed E-state index contributed by atoms with van der Waals surface area (Å²) in [6.07, 6.45) is 8.10. The van der Waals surface area contributed by atoms with Crippen molar-refractivity contribution in [3.05, 3.63) is 0 Å². The van der Waals surface area contributed by atoms with Gasteiger partial charge in [-0.1, -0.05) is 27.7 Å². The highest BCUT2D eigenvalue weighted by atomic mass is 16.5. The molecular formula is C16H32O2. The van der Waals surface area contributed by atoms with Crippen molar-refractivity contribution in [2.45, 2.75) is 78.4 Å². The van der Waals surface area contributed by atoms with Crippen LogP contribution < -0.4 is 0 Å². The van der Waals surface area contributed by atoms with E-state index in [-0.39, 0.29) is 0 Å².